The summed E-state index contributed by atoms with van der Waals surface area (Å²) in [5, 5.41) is 0. The molecule has 2 nitrogen and oxygen atoms in total. The smallest absolute Gasteiger partial charge is 0.387 e. The lowest BCUT2D eigenvalue weighted by molar-refractivity contribution is -0.0495. The van der Waals surface area contributed by atoms with E-state index in [9.17, 15) is 8.78 Å². The zero-order chi connectivity index (χ0) is 11.4. The molecule has 1 aromatic carbocycles. The maximum atomic E-state index is 12.2. The lowest BCUT2D eigenvalue weighted by Gasteiger charge is -2.30. The summed E-state index contributed by atoms with van der Waals surface area (Å²) in [6.45, 7) is -0.918. The first-order valence-corrected chi connectivity index (χ1v) is 5.56. The Hall–Kier alpha value is -1.32. The second kappa shape index (κ2) is 5.14. The average molecular weight is 227 g/mol. The van der Waals surface area contributed by atoms with Gasteiger partial charge in [-0.3, -0.25) is 0 Å². The summed E-state index contributed by atoms with van der Waals surface area (Å²) in [5.41, 5.74) is 0.780. The van der Waals surface area contributed by atoms with Crippen molar-refractivity contribution >= 4 is 5.69 Å². The largest absolute Gasteiger partial charge is 0.433 e. The predicted octanol–water partition coefficient (Wildman–Crippen LogP) is 3.28. The van der Waals surface area contributed by atoms with Crippen LogP contribution >= 0.6 is 0 Å². The molecule has 1 fully saturated rings. The van der Waals surface area contributed by atoms with Crippen molar-refractivity contribution in [1.29, 1.82) is 0 Å². The monoisotopic (exact) mass is 227 g/mol. The minimum absolute atomic E-state index is 0.277. The Bertz CT molecular complexity index is 338. The molecule has 0 bridgehead atoms. The van der Waals surface area contributed by atoms with Gasteiger partial charge < -0.3 is 9.64 Å². The molecule has 0 spiro atoms. The SMILES string of the molecule is FC(F)Oc1ccccc1N1CCCCC1. The van der Waals surface area contributed by atoms with E-state index in [0.29, 0.717) is 0 Å². The van der Waals surface area contributed by atoms with Gasteiger partial charge in [-0.1, -0.05) is 12.1 Å². The minimum atomic E-state index is -2.76. The quantitative estimate of drug-likeness (QED) is 0.785. The Balaban J connectivity index is 2.17. The van der Waals surface area contributed by atoms with Crippen molar-refractivity contribution in [3.05, 3.63) is 24.3 Å². The van der Waals surface area contributed by atoms with Crippen molar-refractivity contribution in [2.75, 3.05) is 18.0 Å². The summed E-state index contributed by atoms with van der Waals surface area (Å²) >= 11 is 0. The van der Waals surface area contributed by atoms with Crippen LogP contribution in [0.1, 0.15) is 19.3 Å². The fraction of sp³-hybridized carbons (Fsp3) is 0.500. The van der Waals surface area contributed by atoms with Crippen LogP contribution in [0.2, 0.25) is 0 Å². The number of benzene rings is 1. The maximum absolute atomic E-state index is 12.2. The molecule has 1 aromatic rings. The van der Waals surface area contributed by atoms with E-state index in [1.165, 1.54) is 6.42 Å². The number of piperidine rings is 1. The Morgan fingerprint density at radius 2 is 1.75 bits per heavy atom. The molecule has 0 saturated carbocycles. The molecule has 1 aliphatic heterocycles. The summed E-state index contributed by atoms with van der Waals surface area (Å²) in [6, 6.07) is 6.99. The molecule has 1 saturated heterocycles. The van der Waals surface area contributed by atoms with E-state index in [2.05, 4.69) is 9.64 Å². The fourth-order valence-corrected chi connectivity index (χ4v) is 2.05. The molecule has 0 N–H and O–H groups in total. The molecule has 0 radical (unpaired) electrons. The third-order valence-corrected chi connectivity index (χ3v) is 2.78. The van der Waals surface area contributed by atoms with Gasteiger partial charge >= 0.3 is 6.61 Å². The standard InChI is InChI=1S/C12H15F2NO/c13-12(14)16-11-7-3-2-6-10(11)15-8-4-1-5-9-15/h2-3,6-7,12H,1,4-5,8-9H2. The Morgan fingerprint density at radius 1 is 1.06 bits per heavy atom. The number of hydrogen-bond acceptors (Lipinski definition) is 2. The van der Waals surface area contributed by atoms with E-state index >= 15 is 0 Å². The lowest BCUT2D eigenvalue weighted by atomic mass is 10.1. The van der Waals surface area contributed by atoms with Crippen molar-refractivity contribution in [3.63, 3.8) is 0 Å². The molecular formula is C12H15F2NO. The van der Waals surface area contributed by atoms with Crippen molar-refractivity contribution < 1.29 is 13.5 Å². The number of anilines is 1. The van der Waals surface area contributed by atoms with Gasteiger partial charge in [0.25, 0.3) is 0 Å². The highest BCUT2D eigenvalue weighted by Crippen LogP contribution is 2.31. The van der Waals surface area contributed by atoms with Gasteiger partial charge in [0.05, 0.1) is 5.69 Å². The van der Waals surface area contributed by atoms with Gasteiger partial charge in [0.1, 0.15) is 5.75 Å². The van der Waals surface area contributed by atoms with Gasteiger partial charge in [0, 0.05) is 13.1 Å². The fourth-order valence-electron chi connectivity index (χ4n) is 2.05. The van der Waals surface area contributed by atoms with Crippen LogP contribution < -0.4 is 9.64 Å². The van der Waals surface area contributed by atoms with Crippen molar-refractivity contribution in [1.82, 2.24) is 0 Å². The number of rotatable bonds is 3. The number of nitrogens with zero attached hydrogens (tertiary/aromatic N) is 1. The molecular weight excluding hydrogens is 212 g/mol. The highest BCUT2D eigenvalue weighted by Gasteiger charge is 2.16. The Morgan fingerprint density at radius 3 is 2.44 bits per heavy atom. The highest BCUT2D eigenvalue weighted by atomic mass is 19.3. The molecule has 0 aromatic heterocycles. The molecule has 1 heterocycles. The number of ether oxygens (including phenoxy) is 1. The summed E-state index contributed by atoms with van der Waals surface area (Å²) in [7, 11) is 0. The van der Waals surface area contributed by atoms with Crippen molar-refractivity contribution in [3.8, 4) is 5.75 Å². The summed E-state index contributed by atoms with van der Waals surface area (Å²) in [4.78, 5) is 2.11. The first kappa shape index (κ1) is 11.2. The minimum Gasteiger partial charge on any atom is -0.433 e. The number of halogens is 2. The third-order valence-electron chi connectivity index (χ3n) is 2.78. The van der Waals surface area contributed by atoms with Crippen LogP contribution in [0.25, 0.3) is 0 Å². The number of para-hydroxylation sites is 2. The van der Waals surface area contributed by atoms with Gasteiger partial charge in [-0.15, -0.1) is 0 Å². The summed E-state index contributed by atoms with van der Waals surface area (Å²) < 4.78 is 29.0. The van der Waals surface area contributed by atoms with Gasteiger partial charge in [-0.25, -0.2) is 0 Å². The molecule has 1 aliphatic rings. The van der Waals surface area contributed by atoms with Crippen LogP contribution in [0, 0.1) is 0 Å². The molecule has 88 valence electrons. The summed E-state index contributed by atoms with van der Waals surface area (Å²) in [5.74, 6) is 0.277. The first-order chi connectivity index (χ1) is 7.77. The van der Waals surface area contributed by atoms with E-state index in [4.69, 9.17) is 0 Å². The molecule has 0 amide bonds. The van der Waals surface area contributed by atoms with E-state index in [-0.39, 0.29) is 5.75 Å². The topological polar surface area (TPSA) is 12.5 Å². The molecule has 0 atom stereocenters. The summed E-state index contributed by atoms with van der Waals surface area (Å²) in [6.07, 6.45) is 3.44. The van der Waals surface area contributed by atoms with Gasteiger partial charge in [0.15, 0.2) is 0 Å². The molecule has 4 heteroatoms. The maximum Gasteiger partial charge on any atom is 0.387 e. The van der Waals surface area contributed by atoms with Crippen LogP contribution in [0.4, 0.5) is 14.5 Å². The molecule has 0 aliphatic carbocycles. The second-order valence-electron chi connectivity index (χ2n) is 3.89. The number of alkyl halides is 2. The predicted molar refractivity (Wildman–Crippen MR) is 59.1 cm³/mol. The van der Waals surface area contributed by atoms with Crippen molar-refractivity contribution in [2.24, 2.45) is 0 Å². The Labute approximate surface area is 93.8 Å². The second-order valence-corrected chi connectivity index (χ2v) is 3.89. The normalized spacial score (nSPS) is 16.6. The van der Waals surface area contributed by atoms with E-state index in [1.54, 1.807) is 12.1 Å². The van der Waals surface area contributed by atoms with Crippen LogP contribution in [-0.2, 0) is 0 Å². The first-order valence-electron chi connectivity index (χ1n) is 5.56. The zero-order valence-electron chi connectivity index (χ0n) is 9.03. The van der Waals surface area contributed by atoms with Crippen LogP contribution in [0.5, 0.6) is 5.75 Å². The van der Waals surface area contributed by atoms with Gasteiger partial charge in [-0.05, 0) is 31.4 Å². The molecule has 2 rings (SSSR count). The Kier molecular flexibility index (Phi) is 3.59. The lowest BCUT2D eigenvalue weighted by Crippen LogP contribution is -2.29. The zero-order valence-corrected chi connectivity index (χ0v) is 9.03. The van der Waals surface area contributed by atoms with Crippen LogP contribution in [0.3, 0.4) is 0 Å². The van der Waals surface area contributed by atoms with Crippen LogP contribution in [-0.4, -0.2) is 19.7 Å². The van der Waals surface area contributed by atoms with E-state index < -0.39 is 6.61 Å². The van der Waals surface area contributed by atoms with E-state index in [1.807, 2.05) is 12.1 Å². The van der Waals surface area contributed by atoms with Crippen molar-refractivity contribution in [2.45, 2.75) is 25.9 Å². The third kappa shape index (κ3) is 2.62. The van der Waals surface area contributed by atoms with Crippen LogP contribution in [0.15, 0.2) is 24.3 Å². The van der Waals surface area contributed by atoms with Gasteiger partial charge in [-0.2, -0.15) is 8.78 Å². The number of hydrogen-bond donors (Lipinski definition) is 0. The molecule has 0 unspecified atom stereocenters. The molecule has 16 heavy (non-hydrogen) atoms. The average Bonchev–Trinajstić information content (AvgIpc) is 2.30. The highest BCUT2D eigenvalue weighted by molar-refractivity contribution is 5.58. The van der Waals surface area contributed by atoms with Gasteiger partial charge in [0.2, 0.25) is 0 Å². The van der Waals surface area contributed by atoms with E-state index in [0.717, 1.165) is 31.6 Å².